The number of halogens is 1. The van der Waals surface area contributed by atoms with Gasteiger partial charge in [0.15, 0.2) is 18.1 Å². The fraction of sp³-hybridized carbons (Fsp3) is 0.286. The number of ether oxygens (including phenoxy) is 3. The van der Waals surface area contributed by atoms with Crippen molar-refractivity contribution in [2.24, 2.45) is 5.10 Å². The fourth-order valence-corrected chi connectivity index (χ4v) is 3.33. The lowest BCUT2D eigenvalue weighted by molar-refractivity contribution is -0.137. The molecule has 30 heavy (non-hydrogen) atoms. The Morgan fingerprint density at radius 1 is 1.20 bits per heavy atom. The lowest BCUT2D eigenvalue weighted by atomic mass is 10.2. The zero-order valence-corrected chi connectivity index (χ0v) is 18.6. The Morgan fingerprint density at radius 2 is 2.00 bits per heavy atom. The molecule has 0 saturated carbocycles. The van der Waals surface area contributed by atoms with E-state index in [-0.39, 0.29) is 18.4 Å². The molecule has 8 nitrogen and oxygen atoms in total. The Balaban J connectivity index is 1.57. The van der Waals surface area contributed by atoms with Crippen LogP contribution in [0, 0.1) is 3.57 Å². The Bertz CT molecular complexity index is 929. The molecule has 0 bridgehead atoms. The van der Waals surface area contributed by atoms with Crippen LogP contribution in [-0.2, 0) is 9.53 Å². The molecule has 0 atom stereocenters. The first-order chi connectivity index (χ1) is 14.6. The van der Waals surface area contributed by atoms with Gasteiger partial charge in [-0.1, -0.05) is 6.07 Å². The summed E-state index contributed by atoms with van der Waals surface area (Å²) in [4.78, 5) is 26.1. The number of hydrazone groups is 1. The van der Waals surface area contributed by atoms with Gasteiger partial charge in [-0.25, -0.2) is 5.43 Å². The topological polar surface area (TPSA) is 89.5 Å². The highest BCUT2D eigenvalue weighted by Crippen LogP contribution is 2.27. The van der Waals surface area contributed by atoms with Crippen molar-refractivity contribution in [3.8, 4) is 11.5 Å². The van der Waals surface area contributed by atoms with Crippen molar-refractivity contribution < 1.29 is 23.8 Å². The molecule has 9 heteroatoms. The lowest BCUT2D eigenvalue weighted by Gasteiger charge is -2.26. The summed E-state index contributed by atoms with van der Waals surface area (Å²) in [7, 11) is 1.52. The molecule has 1 fully saturated rings. The van der Waals surface area contributed by atoms with E-state index in [1.165, 1.54) is 13.3 Å². The minimum atomic E-state index is -0.293. The number of methoxy groups -OCH3 is 1. The molecule has 2 aromatic carbocycles. The van der Waals surface area contributed by atoms with E-state index in [0.29, 0.717) is 48.9 Å². The molecule has 1 aliphatic rings. The number of hydrogen-bond acceptors (Lipinski definition) is 6. The highest BCUT2D eigenvalue weighted by Gasteiger charge is 2.18. The van der Waals surface area contributed by atoms with Crippen LogP contribution in [0.4, 0.5) is 0 Å². The number of nitrogens with one attached hydrogen (secondary N) is 1. The molecule has 0 unspecified atom stereocenters. The first kappa shape index (κ1) is 22.0. The van der Waals surface area contributed by atoms with Gasteiger partial charge in [0.25, 0.3) is 11.8 Å². The molecule has 2 amide bonds. The molecule has 1 aliphatic heterocycles. The van der Waals surface area contributed by atoms with E-state index in [2.05, 4.69) is 33.1 Å². The Morgan fingerprint density at radius 3 is 2.73 bits per heavy atom. The summed E-state index contributed by atoms with van der Waals surface area (Å²) in [6, 6.07) is 12.4. The van der Waals surface area contributed by atoms with Gasteiger partial charge in [-0.05, 0) is 64.6 Å². The highest BCUT2D eigenvalue weighted by atomic mass is 127. The number of nitrogens with zero attached hydrogens (tertiary/aromatic N) is 2. The molecular formula is C21H22IN3O5. The minimum Gasteiger partial charge on any atom is -0.493 e. The van der Waals surface area contributed by atoms with E-state index < -0.39 is 0 Å². The lowest BCUT2D eigenvalue weighted by Crippen LogP contribution is -2.43. The maximum absolute atomic E-state index is 12.2. The Labute approximate surface area is 188 Å². The summed E-state index contributed by atoms with van der Waals surface area (Å²) in [6.45, 7) is 2.16. The zero-order valence-electron chi connectivity index (χ0n) is 16.5. The average Bonchev–Trinajstić information content (AvgIpc) is 2.78. The average molecular weight is 523 g/mol. The van der Waals surface area contributed by atoms with Crippen molar-refractivity contribution in [2.75, 3.05) is 40.0 Å². The predicted molar refractivity (Wildman–Crippen MR) is 120 cm³/mol. The number of benzene rings is 2. The second-order valence-electron chi connectivity index (χ2n) is 6.40. The van der Waals surface area contributed by atoms with Gasteiger partial charge in [-0.3, -0.25) is 9.59 Å². The zero-order chi connectivity index (χ0) is 21.3. The van der Waals surface area contributed by atoms with E-state index in [1.54, 1.807) is 35.2 Å². The second kappa shape index (κ2) is 10.9. The third kappa shape index (κ3) is 6.17. The van der Waals surface area contributed by atoms with Gasteiger partial charge in [0, 0.05) is 22.2 Å². The van der Waals surface area contributed by atoms with Crippen molar-refractivity contribution in [3.05, 3.63) is 57.2 Å². The summed E-state index contributed by atoms with van der Waals surface area (Å²) in [5.74, 6) is 0.541. The molecule has 0 radical (unpaired) electrons. The third-order valence-electron chi connectivity index (χ3n) is 4.37. The predicted octanol–water partition coefficient (Wildman–Crippen LogP) is 2.30. The molecule has 1 saturated heterocycles. The van der Waals surface area contributed by atoms with Gasteiger partial charge >= 0.3 is 0 Å². The monoisotopic (exact) mass is 523 g/mol. The molecule has 3 rings (SSSR count). The second-order valence-corrected chi connectivity index (χ2v) is 7.65. The van der Waals surface area contributed by atoms with Crippen molar-refractivity contribution in [1.29, 1.82) is 0 Å². The van der Waals surface area contributed by atoms with Gasteiger partial charge in [-0.15, -0.1) is 0 Å². The number of carbonyl (C=O) groups excluding carboxylic acids is 2. The number of amides is 2. The van der Waals surface area contributed by atoms with Crippen molar-refractivity contribution in [1.82, 2.24) is 10.3 Å². The van der Waals surface area contributed by atoms with Crippen molar-refractivity contribution in [3.63, 3.8) is 0 Å². The van der Waals surface area contributed by atoms with Crippen LogP contribution < -0.4 is 14.9 Å². The first-order valence-corrected chi connectivity index (χ1v) is 10.4. The van der Waals surface area contributed by atoms with Crippen LogP contribution in [0.3, 0.4) is 0 Å². The third-order valence-corrected chi connectivity index (χ3v) is 5.04. The summed E-state index contributed by atoms with van der Waals surface area (Å²) in [5, 5.41) is 3.99. The highest BCUT2D eigenvalue weighted by molar-refractivity contribution is 14.1. The van der Waals surface area contributed by atoms with Gasteiger partial charge in [0.2, 0.25) is 0 Å². The smallest absolute Gasteiger partial charge is 0.271 e. The van der Waals surface area contributed by atoms with E-state index in [9.17, 15) is 9.59 Å². The molecule has 0 aliphatic carbocycles. The Hall–Kier alpha value is -2.66. The van der Waals surface area contributed by atoms with Crippen LogP contribution in [-0.4, -0.2) is 62.9 Å². The quantitative estimate of drug-likeness (QED) is 0.342. The maximum atomic E-state index is 12.2. The number of hydrogen-bond donors (Lipinski definition) is 1. The molecule has 2 aromatic rings. The van der Waals surface area contributed by atoms with Crippen LogP contribution in [0.2, 0.25) is 0 Å². The molecular weight excluding hydrogens is 501 g/mol. The first-order valence-electron chi connectivity index (χ1n) is 9.32. The van der Waals surface area contributed by atoms with E-state index in [0.717, 1.165) is 3.57 Å². The molecule has 158 valence electrons. The number of carbonyl (C=O) groups is 2. The molecule has 0 aromatic heterocycles. The summed E-state index contributed by atoms with van der Waals surface area (Å²) in [5.41, 5.74) is 3.74. The van der Waals surface area contributed by atoms with Crippen LogP contribution in [0.25, 0.3) is 0 Å². The molecule has 1 heterocycles. The summed E-state index contributed by atoms with van der Waals surface area (Å²) < 4.78 is 17.2. The van der Waals surface area contributed by atoms with Crippen LogP contribution in [0.15, 0.2) is 47.6 Å². The van der Waals surface area contributed by atoms with Crippen molar-refractivity contribution in [2.45, 2.75) is 0 Å². The van der Waals surface area contributed by atoms with Crippen LogP contribution >= 0.6 is 22.6 Å². The fourth-order valence-electron chi connectivity index (χ4n) is 2.79. The summed E-state index contributed by atoms with van der Waals surface area (Å²) >= 11 is 2.15. The largest absolute Gasteiger partial charge is 0.493 e. The van der Waals surface area contributed by atoms with Gasteiger partial charge in [0.05, 0.1) is 26.5 Å². The maximum Gasteiger partial charge on any atom is 0.271 e. The van der Waals surface area contributed by atoms with E-state index in [4.69, 9.17) is 14.2 Å². The van der Waals surface area contributed by atoms with Gasteiger partial charge in [0.1, 0.15) is 0 Å². The molecule has 1 N–H and O–H groups in total. The minimum absolute atomic E-state index is 0.0737. The van der Waals surface area contributed by atoms with Gasteiger partial charge in [-0.2, -0.15) is 5.10 Å². The Kier molecular flexibility index (Phi) is 8.03. The standard InChI is InChI=1S/C21H22IN3O5/c1-28-19-11-15(13-23-24-21(27)16-3-2-4-17(22)12-16)5-6-18(19)30-14-20(26)25-7-9-29-10-8-25/h2-6,11-13H,7-10,14H2,1H3,(H,24,27)/b23-13-. The molecule has 0 spiro atoms. The number of morpholine rings is 1. The summed E-state index contributed by atoms with van der Waals surface area (Å²) in [6.07, 6.45) is 1.51. The van der Waals surface area contributed by atoms with Crippen molar-refractivity contribution >= 4 is 40.6 Å². The number of rotatable bonds is 7. The van der Waals surface area contributed by atoms with Gasteiger partial charge < -0.3 is 19.1 Å². The SMILES string of the molecule is COc1cc(/C=N\NC(=O)c2cccc(I)c2)ccc1OCC(=O)N1CCOCC1. The van der Waals surface area contributed by atoms with E-state index >= 15 is 0 Å². The van der Waals surface area contributed by atoms with Crippen LogP contribution in [0.1, 0.15) is 15.9 Å². The van der Waals surface area contributed by atoms with E-state index in [1.807, 2.05) is 12.1 Å². The van der Waals surface area contributed by atoms with Crippen LogP contribution in [0.5, 0.6) is 11.5 Å². The normalized spacial score (nSPS) is 13.9.